The number of nitrogens with zero attached hydrogens (tertiary/aromatic N) is 1. The van der Waals surface area contributed by atoms with Gasteiger partial charge in [-0.05, 0) is 18.7 Å². The average molecular weight is 273 g/mol. The van der Waals surface area contributed by atoms with Gasteiger partial charge >= 0.3 is 0 Å². The van der Waals surface area contributed by atoms with Crippen molar-refractivity contribution in [1.29, 1.82) is 0 Å². The molecule has 1 saturated heterocycles. The molecule has 5 heteroatoms. The number of amides is 1. The minimum atomic E-state index is -0.245. The largest absolute Gasteiger partial charge is 0.388 e. The summed E-state index contributed by atoms with van der Waals surface area (Å²) in [4.78, 5) is 17.7. The Morgan fingerprint density at radius 3 is 2.80 bits per heavy atom. The second-order valence-electron chi connectivity index (χ2n) is 5.41. The van der Waals surface area contributed by atoms with Crippen molar-refractivity contribution >= 4 is 11.6 Å². The Morgan fingerprint density at radius 1 is 1.30 bits per heavy atom. The van der Waals surface area contributed by atoms with Crippen molar-refractivity contribution in [2.75, 3.05) is 13.1 Å². The maximum atomic E-state index is 12.1. The fourth-order valence-corrected chi connectivity index (χ4v) is 2.67. The molecular weight excluding hydrogens is 254 g/mol. The van der Waals surface area contributed by atoms with Crippen LogP contribution in [0.25, 0.3) is 0 Å². The molecule has 0 aliphatic carbocycles. The van der Waals surface area contributed by atoms with E-state index in [2.05, 4.69) is 15.8 Å². The number of carbonyl (C=O) groups excluding carboxylic acids is 1. The summed E-state index contributed by atoms with van der Waals surface area (Å²) in [5.41, 5.74) is 1.35. The van der Waals surface area contributed by atoms with Crippen LogP contribution in [-0.2, 0) is 16.2 Å². The molecule has 2 heterocycles. The lowest BCUT2D eigenvalue weighted by Crippen LogP contribution is -2.43. The van der Waals surface area contributed by atoms with E-state index in [-0.39, 0.29) is 11.5 Å². The highest BCUT2D eigenvalue weighted by atomic mass is 16.7. The van der Waals surface area contributed by atoms with Gasteiger partial charge in [0.05, 0.1) is 0 Å². The molecule has 2 N–H and O–H groups in total. The van der Waals surface area contributed by atoms with Crippen molar-refractivity contribution in [3.05, 3.63) is 35.9 Å². The maximum Gasteiger partial charge on any atom is 0.269 e. The van der Waals surface area contributed by atoms with Crippen LogP contribution < -0.4 is 10.6 Å². The van der Waals surface area contributed by atoms with Gasteiger partial charge in [-0.1, -0.05) is 35.5 Å². The number of rotatable bonds is 3. The topological polar surface area (TPSA) is 62.7 Å². The van der Waals surface area contributed by atoms with Crippen LogP contribution in [0, 0.1) is 0 Å². The summed E-state index contributed by atoms with van der Waals surface area (Å²) in [6.45, 7) is 2.37. The van der Waals surface area contributed by atoms with Crippen LogP contribution in [-0.4, -0.2) is 30.3 Å². The molecule has 5 nitrogen and oxygen atoms in total. The summed E-state index contributed by atoms with van der Waals surface area (Å²) in [7, 11) is 0. The fraction of sp³-hybridized carbons (Fsp3) is 0.467. The Balaban J connectivity index is 1.53. The van der Waals surface area contributed by atoms with E-state index in [4.69, 9.17) is 4.84 Å². The molecule has 0 atom stereocenters. The van der Waals surface area contributed by atoms with Gasteiger partial charge in [-0.15, -0.1) is 0 Å². The number of hydrogen-bond donors (Lipinski definition) is 2. The Kier molecular flexibility index (Phi) is 3.69. The molecule has 1 fully saturated rings. The minimum Gasteiger partial charge on any atom is -0.388 e. The van der Waals surface area contributed by atoms with Gasteiger partial charge in [0.1, 0.15) is 11.3 Å². The SMILES string of the molecule is O=C(NCc1ccccc1)C1=NOC2(CCNCC2)C1. The molecule has 20 heavy (non-hydrogen) atoms. The first-order chi connectivity index (χ1) is 9.77. The number of nitrogens with one attached hydrogen (secondary N) is 2. The second-order valence-corrected chi connectivity index (χ2v) is 5.41. The first-order valence-electron chi connectivity index (χ1n) is 7.05. The third-order valence-corrected chi connectivity index (χ3v) is 3.91. The average Bonchev–Trinajstić information content (AvgIpc) is 2.90. The Morgan fingerprint density at radius 2 is 2.05 bits per heavy atom. The van der Waals surface area contributed by atoms with E-state index in [0.717, 1.165) is 31.5 Å². The van der Waals surface area contributed by atoms with Crippen LogP contribution in [0.1, 0.15) is 24.8 Å². The highest BCUT2D eigenvalue weighted by Crippen LogP contribution is 2.32. The monoisotopic (exact) mass is 273 g/mol. The summed E-state index contributed by atoms with van der Waals surface area (Å²) in [6, 6.07) is 9.85. The summed E-state index contributed by atoms with van der Waals surface area (Å²) in [6.07, 6.45) is 2.44. The molecule has 1 spiro atoms. The molecule has 0 aromatic heterocycles. The molecule has 106 valence electrons. The second kappa shape index (κ2) is 5.63. The summed E-state index contributed by atoms with van der Waals surface area (Å²) in [5, 5.41) is 10.2. The molecule has 1 aromatic carbocycles. The van der Waals surface area contributed by atoms with Crippen LogP contribution in [0.5, 0.6) is 0 Å². The Bertz CT molecular complexity index is 507. The van der Waals surface area contributed by atoms with E-state index in [1.54, 1.807) is 0 Å². The molecule has 0 bridgehead atoms. The lowest BCUT2D eigenvalue weighted by atomic mass is 9.87. The van der Waals surface area contributed by atoms with Gasteiger partial charge in [0, 0.05) is 25.8 Å². The molecule has 0 radical (unpaired) electrons. The number of benzene rings is 1. The van der Waals surface area contributed by atoms with Gasteiger partial charge < -0.3 is 15.5 Å². The van der Waals surface area contributed by atoms with Crippen molar-refractivity contribution in [1.82, 2.24) is 10.6 Å². The number of piperidine rings is 1. The summed E-state index contributed by atoms with van der Waals surface area (Å²) in [5.74, 6) is -0.121. The minimum absolute atomic E-state index is 0.121. The Hall–Kier alpha value is -1.88. The van der Waals surface area contributed by atoms with Crippen LogP contribution in [0.3, 0.4) is 0 Å². The Labute approximate surface area is 118 Å². The van der Waals surface area contributed by atoms with E-state index in [0.29, 0.717) is 18.7 Å². The number of oxime groups is 1. The van der Waals surface area contributed by atoms with Crippen molar-refractivity contribution in [3.63, 3.8) is 0 Å². The molecule has 0 saturated carbocycles. The zero-order valence-electron chi connectivity index (χ0n) is 11.4. The molecule has 2 aliphatic rings. The first-order valence-corrected chi connectivity index (χ1v) is 7.05. The van der Waals surface area contributed by atoms with Gasteiger partial charge in [0.2, 0.25) is 0 Å². The van der Waals surface area contributed by atoms with E-state index in [1.165, 1.54) is 0 Å². The zero-order chi connectivity index (χ0) is 13.8. The third kappa shape index (κ3) is 2.82. The standard InChI is InChI=1S/C15H19N3O2/c19-14(17-11-12-4-2-1-3-5-12)13-10-15(20-18-13)6-8-16-9-7-15/h1-5,16H,6-11H2,(H,17,19). The molecule has 1 aromatic rings. The highest BCUT2D eigenvalue weighted by molar-refractivity contribution is 6.39. The highest BCUT2D eigenvalue weighted by Gasteiger charge is 2.41. The summed E-state index contributed by atoms with van der Waals surface area (Å²) < 4.78 is 0. The molecular formula is C15H19N3O2. The lowest BCUT2D eigenvalue weighted by Gasteiger charge is -2.30. The first kappa shape index (κ1) is 13.1. The molecule has 0 unspecified atom stereocenters. The van der Waals surface area contributed by atoms with Crippen LogP contribution in [0.2, 0.25) is 0 Å². The molecule has 1 amide bonds. The molecule has 3 rings (SSSR count). The van der Waals surface area contributed by atoms with Gasteiger partial charge in [0.15, 0.2) is 0 Å². The van der Waals surface area contributed by atoms with Crippen molar-refractivity contribution in [2.45, 2.75) is 31.4 Å². The smallest absolute Gasteiger partial charge is 0.269 e. The van der Waals surface area contributed by atoms with Crippen LogP contribution in [0.15, 0.2) is 35.5 Å². The van der Waals surface area contributed by atoms with Crippen molar-refractivity contribution < 1.29 is 9.63 Å². The predicted octanol–water partition coefficient (Wildman–Crippen LogP) is 1.20. The van der Waals surface area contributed by atoms with Gasteiger partial charge in [0.25, 0.3) is 5.91 Å². The zero-order valence-corrected chi connectivity index (χ0v) is 11.4. The van der Waals surface area contributed by atoms with E-state index >= 15 is 0 Å². The van der Waals surface area contributed by atoms with Crippen molar-refractivity contribution in [2.24, 2.45) is 5.16 Å². The quantitative estimate of drug-likeness (QED) is 0.870. The van der Waals surface area contributed by atoms with E-state index in [1.807, 2.05) is 30.3 Å². The van der Waals surface area contributed by atoms with Gasteiger partial charge in [-0.2, -0.15) is 0 Å². The summed E-state index contributed by atoms with van der Waals surface area (Å²) >= 11 is 0. The van der Waals surface area contributed by atoms with Gasteiger partial charge in [-0.3, -0.25) is 4.79 Å². The normalized spacial score (nSPS) is 20.3. The third-order valence-electron chi connectivity index (χ3n) is 3.91. The predicted molar refractivity (Wildman–Crippen MR) is 76.3 cm³/mol. The van der Waals surface area contributed by atoms with Crippen LogP contribution >= 0.6 is 0 Å². The van der Waals surface area contributed by atoms with Gasteiger partial charge in [-0.25, -0.2) is 0 Å². The number of carbonyl (C=O) groups is 1. The van der Waals surface area contributed by atoms with E-state index < -0.39 is 0 Å². The maximum absolute atomic E-state index is 12.1. The lowest BCUT2D eigenvalue weighted by molar-refractivity contribution is -0.115. The van der Waals surface area contributed by atoms with Crippen LogP contribution in [0.4, 0.5) is 0 Å². The van der Waals surface area contributed by atoms with Crippen molar-refractivity contribution in [3.8, 4) is 0 Å². The molecule has 2 aliphatic heterocycles. The number of hydrogen-bond acceptors (Lipinski definition) is 4. The fourth-order valence-electron chi connectivity index (χ4n) is 2.67. The van der Waals surface area contributed by atoms with E-state index in [9.17, 15) is 4.79 Å².